The highest BCUT2D eigenvalue weighted by molar-refractivity contribution is 9.10. The summed E-state index contributed by atoms with van der Waals surface area (Å²) in [6.45, 7) is 0. The van der Waals surface area contributed by atoms with Gasteiger partial charge in [0, 0.05) is 35.6 Å². The molecule has 2 rings (SSSR count). The van der Waals surface area contributed by atoms with E-state index >= 15 is 0 Å². The zero-order chi connectivity index (χ0) is 13.8. The van der Waals surface area contributed by atoms with Crippen LogP contribution in [0, 0.1) is 11.3 Å². The summed E-state index contributed by atoms with van der Waals surface area (Å²) in [6.07, 6.45) is 0. The summed E-state index contributed by atoms with van der Waals surface area (Å²) in [6, 6.07) is 15.8. The van der Waals surface area contributed by atoms with E-state index in [1.54, 1.807) is 6.07 Å². The van der Waals surface area contributed by atoms with Gasteiger partial charge in [-0.2, -0.15) is 5.26 Å². The van der Waals surface area contributed by atoms with E-state index in [1.807, 2.05) is 49.3 Å². The molecule has 0 aromatic heterocycles. The summed E-state index contributed by atoms with van der Waals surface area (Å²) < 4.78 is 0.887. The van der Waals surface area contributed by atoms with Crippen LogP contribution in [-0.2, 0) is 0 Å². The lowest BCUT2D eigenvalue weighted by atomic mass is 10.2. The molecule has 3 nitrogen and oxygen atoms in total. The standard InChI is InChI=1S/C15H14BrN3/c1-19(2)15-5-3-4-13(9-15)18-14-7-11(10-17)6-12(16)8-14/h3-9,18H,1-2H3. The monoisotopic (exact) mass is 315 g/mol. The van der Waals surface area contributed by atoms with Crippen LogP contribution in [0.1, 0.15) is 5.56 Å². The summed E-state index contributed by atoms with van der Waals surface area (Å²) >= 11 is 3.41. The molecule has 96 valence electrons. The molecule has 0 aliphatic heterocycles. The number of nitriles is 1. The molecule has 0 bridgehead atoms. The van der Waals surface area contributed by atoms with Gasteiger partial charge in [-0.1, -0.05) is 22.0 Å². The third-order valence-electron chi connectivity index (χ3n) is 2.68. The van der Waals surface area contributed by atoms with E-state index in [4.69, 9.17) is 5.26 Å². The lowest BCUT2D eigenvalue weighted by Crippen LogP contribution is -2.08. The molecule has 0 unspecified atom stereocenters. The van der Waals surface area contributed by atoms with E-state index in [2.05, 4.69) is 33.4 Å². The Kier molecular flexibility index (Phi) is 4.08. The van der Waals surface area contributed by atoms with Crippen LogP contribution < -0.4 is 10.2 Å². The van der Waals surface area contributed by atoms with E-state index in [-0.39, 0.29) is 0 Å². The first-order valence-corrected chi connectivity index (χ1v) is 6.63. The van der Waals surface area contributed by atoms with Crippen LogP contribution in [0.5, 0.6) is 0 Å². The van der Waals surface area contributed by atoms with Crippen molar-refractivity contribution in [3.63, 3.8) is 0 Å². The molecular weight excluding hydrogens is 302 g/mol. The number of halogens is 1. The van der Waals surface area contributed by atoms with Gasteiger partial charge in [-0.05, 0) is 36.4 Å². The number of benzene rings is 2. The van der Waals surface area contributed by atoms with Crippen LogP contribution in [0.25, 0.3) is 0 Å². The van der Waals surface area contributed by atoms with E-state index in [0.29, 0.717) is 5.56 Å². The Morgan fingerprint density at radius 3 is 2.58 bits per heavy atom. The first-order chi connectivity index (χ1) is 9.08. The van der Waals surface area contributed by atoms with E-state index in [1.165, 1.54) is 0 Å². The minimum absolute atomic E-state index is 0.626. The summed E-state index contributed by atoms with van der Waals surface area (Å²) in [7, 11) is 4.01. The fraction of sp³-hybridized carbons (Fsp3) is 0.133. The van der Waals surface area contributed by atoms with Gasteiger partial charge < -0.3 is 10.2 Å². The number of nitrogens with zero attached hydrogens (tertiary/aromatic N) is 2. The van der Waals surface area contributed by atoms with Crippen LogP contribution in [0.15, 0.2) is 46.9 Å². The van der Waals surface area contributed by atoms with Crippen LogP contribution in [-0.4, -0.2) is 14.1 Å². The van der Waals surface area contributed by atoms with E-state index in [0.717, 1.165) is 21.5 Å². The second-order valence-corrected chi connectivity index (χ2v) is 5.33. The minimum Gasteiger partial charge on any atom is -0.378 e. The van der Waals surface area contributed by atoms with Crippen molar-refractivity contribution < 1.29 is 0 Å². The quantitative estimate of drug-likeness (QED) is 0.925. The molecule has 0 radical (unpaired) electrons. The molecular formula is C15H14BrN3. The van der Waals surface area contributed by atoms with Gasteiger partial charge in [0.1, 0.15) is 0 Å². The number of anilines is 3. The maximum absolute atomic E-state index is 8.96. The Labute approximate surface area is 121 Å². The van der Waals surface area contributed by atoms with Crippen LogP contribution in [0.4, 0.5) is 17.1 Å². The highest BCUT2D eigenvalue weighted by atomic mass is 79.9. The molecule has 19 heavy (non-hydrogen) atoms. The maximum Gasteiger partial charge on any atom is 0.0992 e. The third kappa shape index (κ3) is 3.49. The fourth-order valence-corrected chi connectivity index (χ4v) is 2.25. The Balaban J connectivity index is 2.28. The van der Waals surface area contributed by atoms with Gasteiger partial charge in [-0.15, -0.1) is 0 Å². The lowest BCUT2D eigenvalue weighted by Gasteiger charge is -2.14. The Bertz CT molecular complexity index is 630. The largest absolute Gasteiger partial charge is 0.378 e. The van der Waals surface area contributed by atoms with Crippen LogP contribution in [0.2, 0.25) is 0 Å². The number of hydrogen-bond acceptors (Lipinski definition) is 3. The fourth-order valence-electron chi connectivity index (χ4n) is 1.75. The Morgan fingerprint density at radius 2 is 1.89 bits per heavy atom. The molecule has 2 aromatic carbocycles. The van der Waals surface area contributed by atoms with Crippen molar-refractivity contribution in [2.45, 2.75) is 0 Å². The highest BCUT2D eigenvalue weighted by Gasteiger charge is 2.01. The normalized spacial score (nSPS) is 9.79. The number of rotatable bonds is 3. The van der Waals surface area contributed by atoms with Crippen molar-refractivity contribution >= 4 is 33.0 Å². The second-order valence-electron chi connectivity index (χ2n) is 4.41. The molecule has 0 amide bonds. The lowest BCUT2D eigenvalue weighted by molar-refractivity contribution is 1.13. The van der Waals surface area contributed by atoms with E-state index in [9.17, 15) is 0 Å². The van der Waals surface area contributed by atoms with Gasteiger partial charge in [0.25, 0.3) is 0 Å². The van der Waals surface area contributed by atoms with Crippen molar-refractivity contribution in [2.75, 3.05) is 24.3 Å². The van der Waals surface area contributed by atoms with Gasteiger partial charge in [0.15, 0.2) is 0 Å². The molecule has 0 aliphatic carbocycles. The van der Waals surface area contributed by atoms with Crippen LogP contribution >= 0.6 is 15.9 Å². The van der Waals surface area contributed by atoms with Crippen molar-refractivity contribution in [1.29, 1.82) is 5.26 Å². The predicted octanol–water partition coefficient (Wildman–Crippen LogP) is 4.13. The highest BCUT2D eigenvalue weighted by Crippen LogP contribution is 2.25. The predicted molar refractivity (Wildman–Crippen MR) is 82.9 cm³/mol. The topological polar surface area (TPSA) is 39.1 Å². The summed E-state index contributed by atoms with van der Waals surface area (Å²) in [4.78, 5) is 2.05. The van der Waals surface area contributed by atoms with Gasteiger partial charge in [-0.25, -0.2) is 0 Å². The molecule has 0 fully saturated rings. The van der Waals surface area contributed by atoms with Gasteiger partial charge >= 0.3 is 0 Å². The van der Waals surface area contributed by atoms with E-state index < -0.39 is 0 Å². The average molecular weight is 316 g/mol. The molecule has 0 spiro atoms. The third-order valence-corrected chi connectivity index (χ3v) is 3.14. The Hall–Kier alpha value is -1.99. The number of nitrogens with one attached hydrogen (secondary N) is 1. The molecule has 2 aromatic rings. The van der Waals surface area contributed by atoms with Crippen molar-refractivity contribution in [3.05, 3.63) is 52.5 Å². The van der Waals surface area contributed by atoms with Crippen molar-refractivity contribution in [2.24, 2.45) is 0 Å². The number of hydrogen-bond donors (Lipinski definition) is 1. The molecule has 0 atom stereocenters. The smallest absolute Gasteiger partial charge is 0.0992 e. The molecule has 0 aliphatic rings. The minimum atomic E-state index is 0.626. The summed E-state index contributed by atoms with van der Waals surface area (Å²) in [5, 5.41) is 12.3. The van der Waals surface area contributed by atoms with Gasteiger partial charge in [0.05, 0.1) is 11.6 Å². The first kappa shape index (κ1) is 13.4. The second kappa shape index (κ2) is 5.77. The maximum atomic E-state index is 8.96. The SMILES string of the molecule is CN(C)c1cccc(Nc2cc(Br)cc(C#N)c2)c1. The first-order valence-electron chi connectivity index (χ1n) is 5.83. The van der Waals surface area contributed by atoms with Crippen LogP contribution in [0.3, 0.4) is 0 Å². The average Bonchev–Trinajstić information content (AvgIpc) is 2.38. The Morgan fingerprint density at radius 1 is 1.11 bits per heavy atom. The molecule has 4 heteroatoms. The molecule has 0 saturated carbocycles. The molecule has 1 N–H and O–H groups in total. The van der Waals surface area contributed by atoms with Gasteiger partial charge in [0.2, 0.25) is 0 Å². The van der Waals surface area contributed by atoms with Crippen molar-refractivity contribution in [3.8, 4) is 6.07 Å². The zero-order valence-corrected chi connectivity index (χ0v) is 12.4. The van der Waals surface area contributed by atoms with Crippen molar-refractivity contribution in [1.82, 2.24) is 0 Å². The molecule has 0 heterocycles. The summed E-state index contributed by atoms with van der Waals surface area (Å²) in [5.74, 6) is 0. The summed E-state index contributed by atoms with van der Waals surface area (Å²) in [5.41, 5.74) is 3.64. The zero-order valence-electron chi connectivity index (χ0n) is 10.8. The van der Waals surface area contributed by atoms with Gasteiger partial charge in [-0.3, -0.25) is 0 Å². The molecule has 0 saturated heterocycles.